The third-order valence-corrected chi connectivity index (χ3v) is 2.11. The topological polar surface area (TPSA) is 84.2 Å². The van der Waals surface area contributed by atoms with Gasteiger partial charge in [-0.1, -0.05) is 0 Å². The number of amides is 2. The molecule has 5 heteroatoms. The maximum atomic E-state index is 11.6. The lowest BCUT2D eigenvalue weighted by molar-refractivity contribution is -0.127. The molecular formula is C11H16N3O2. The van der Waals surface area contributed by atoms with Crippen LogP contribution in [0.5, 0.6) is 0 Å². The van der Waals surface area contributed by atoms with E-state index in [1.54, 1.807) is 32.6 Å². The Morgan fingerprint density at radius 3 is 2.56 bits per heavy atom. The van der Waals surface area contributed by atoms with Crippen molar-refractivity contribution in [3.8, 4) is 0 Å². The van der Waals surface area contributed by atoms with Crippen molar-refractivity contribution in [2.24, 2.45) is 5.73 Å². The van der Waals surface area contributed by atoms with Crippen LogP contribution >= 0.6 is 0 Å². The Balaban J connectivity index is 2.29. The molecule has 0 aromatic heterocycles. The molecule has 0 unspecified atom stereocenters. The van der Waals surface area contributed by atoms with Gasteiger partial charge in [0.05, 0.1) is 5.92 Å². The van der Waals surface area contributed by atoms with Gasteiger partial charge >= 0.3 is 0 Å². The Bertz CT molecular complexity index is 250. The molecule has 4 N–H and O–H groups in total. The van der Waals surface area contributed by atoms with Gasteiger partial charge in [0.2, 0.25) is 11.8 Å². The highest BCUT2D eigenvalue weighted by atomic mass is 16.2. The predicted octanol–water partition coefficient (Wildman–Crippen LogP) is -1.03. The summed E-state index contributed by atoms with van der Waals surface area (Å²) in [7, 11) is 0. The first-order valence-electron chi connectivity index (χ1n) is 5.15. The van der Waals surface area contributed by atoms with Gasteiger partial charge in [-0.3, -0.25) is 9.59 Å². The highest BCUT2D eigenvalue weighted by molar-refractivity contribution is 5.98. The summed E-state index contributed by atoms with van der Waals surface area (Å²) in [6.07, 6.45) is 6.93. The third-order valence-electron chi connectivity index (χ3n) is 2.11. The van der Waals surface area contributed by atoms with Gasteiger partial charge in [0.15, 0.2) is 0 Å². The molecule has 1 aliphatic carbocycles. The van der Waals surface area contributed by atoms with Crippen molar-refractivity contribution in [1.82, 2.24) is 10.6 Å². The molecule has 1 aliphatic rings. The molecule has 1 fully saturated rings. The van der Waals surface area contributed by atoms with Crippen LogP contribution in [0.2, 0.25) is 0 Å². The first-order chi connectivity index (χ1) is 7.65. The molecule has 0 bridgehead atoms. The van der Waals surface area contributed by atoms with Crippen LogP contribution in [-0.2, 0) is 9.59 Å². The number of carbonyl (C=O) groups excluding carboxylic acids is 2. The lowest BCUT2D eigenvalue weighted by atomic mass is 10.1. The van der Waals surface area contributed by atoms with E-state index in [-0.39, 0.29) is 11.8 Å². The second-order valence-electron chi connectivity index (χ2n) is 3.45. The highest BCUT2D eigenvalue weighted by Crippen LogP contribution is 2.22. The average Bonchev–Trinajstić information content (AvgIpc) is 2.79. The van der Waals surface area contributed by atoms with Crippen molar-refractivity contribution in [3.63, 3.8) is 0 Å². The molecule has 16 heavy (non-hydrogen) atoms. The van der Waals surface area contributed by atoms with Gasteiger partial charge in [-0.2, -0.15) is 0 Å². The van der Waals surface area contributed by atoms with Crippen LogP contribution in [0.15, 0.2) is 0 Å². The minimum atomic E-state index is -0.561. The van der Waals surface area contributed by atoms with E-state index in [0.29, 0.717) is 19.0 Å². The number of hydrogen-bond acceptors (Lipinski definition) is 3. The summed E-state index contributed by atoms with van der Waals surface area (Å²) in [4.78, 5) is 23.0. The fourth-order valence-corrected chi connectivity index (χ4v) is 1.22. The van der Waals surface area contributed by atoms with Crippen molar-refractivity contribution in [3.05, 3.63) is 31.6 Å². The number of rotatable bonds is 5. The summed E-state index contributed by atoms with van der Waals surface area (Å²) in [5, 5.41) is 5.20. The van der Waals surface area contributed by atoms with Crippen molar-refractivity contribution >= 4 is 11.8 Å². The fourth-order valence-electron chi connectivity index (χ4n) is 1.22. The van der Waals surface area contributed by atoms with Crippen LogP contribution < -0.4 is 16.4 Å². The Morgan fingerprint density at radius 1 is 1.38 bits per heavy atom. The summed E-state index contributed by atoms with van der Waals surface area (Å²) < 4.78 is 0. The molecule has 5 radical (unpaired) electrons. The minimum Gasteiger partial charge on any atom is -0.353 e. The summed E-state index contributed by atoms with van der Waals surface area (Å²) in [5.74, 6) is 0.0734. The van der Waals surface area contributed by atoms with Gasteiger partial charge in [-0.25, -0.2) is 0 Å². The molecule has 1 atom stereocenters. The molecular weight excluding hydrogens is 206 g/mol. The van der Waals surface area contributed by atoms with Gasteiger partial charge in [0, 0.05) is 13.1 Å². The monoisotopic (exact) mass is 222 g/mol. The maximum Gasteiger partial charge on any atom is 0.242 e. The fraction of sp³-hybridized carbons (Fsp3) is 0.364. The number of carbonyl (C=O) groups is 2. The van der Waals surface area contributed by atoms with E-state index in [1.165, 1.54) is 0 Å². The van der Waals surface area contributed by atoms with Crippen LogP contribution in [0.4, 0.5) is 0 Å². The molecule has 2 amide bonds. The molecule has 0 spiro atoms. The second kappa shape index (κ2) is 6.48. The van der Waals surface area contributed by atoms with Crippen molar-refractivity contribution < 1.29 is 9.59 Å². The number of nitrogens with one attached hydrogen (secondary N) is 2. The van der Waals surface area contributed by atoms with Crippen molar-refractivity contribution in [2.75, 3.05) is 13.1 Å². The van der Waals surface area contributed by atoms with Crippen LogP contribution in [0.1, 0.15) is 6.92 Å². The first kappa shape index (κ1) is 13.0. The minimum absolute atomic E-state index is 0.231. The molecule has 1 rings (SSSR count). The van der Waals surface area contributed by atoms with Gasteiger partial charge in [0.25, 0.3) is 0 Å². The lowest BCUT2D eigenvalue weighted by Gasteiger charge is -2.15. The predicted molar refractivity (Wildman–Crippen MR) is 60.1 cm³/mol. The molecule has 1 saturated carbocycles. The normalized spacial score (nSPS) is 18.1. The number of nitrogens with two attached hydrogens (primary N) is 1. The van der Waals surface area contributed by atoms with E-state index in [9.17, 15) is 9.59 Å². The summed E-state index contributed by atoms with van der Waals surface area (Å²) in [6, 6.07) is -0.561. The summed E-state index contributed by atoms with van der Waals surface area (Å²) in [5.41, 5.74) is 5.25. The molecule has 0 aromatic carbocycles. The van der Waals surface area contributed by atoms with E-state index in [1.807, 2.05) is 0 Å². The summed E-state index contributed by atoms with van der Waals surface area (Å²) in [6.45, 7) is 2.43. The Hall–Kier alpha value is -1.10. The largest absolute Gasteiger partial charge is 0.353 e. The maximum absolute atomic E-state index is 11.6. The average molecular weight is 222 g/mol. The van der Waals surface area contributed by atoms with E-state index < -0.39 is 6.04 Å². The van der Waals surface area contributed by atoms with Gasteiger partial charge in [-0.05, 0) is 32.6 Å². The van der Waals surface area contributed by atoms with Crippen molar-refractivity contribution in [1.29, 1.82) is 0 Å². The zero-order valence-corrected chi connectivity index (χ0v) is 9.19. The molecule has 0 saturated heterocycles. The standard InChI is InChI=1S/C11H16N3O2/c1-8(10(15)13-7-6-12)14-11(16)9-4-2-3-5-9/h2-5,8H,6-7,12H2,1H3,(H,13,15)(H,14,16)/t8-/m0/s1. The second-order valence-corrected chi connectivity index (χ2v) is 3.45. The Labute approximate surface area is 96.1 Å². The zero-order valence-electron chi connectivity index (χ0n) is 9.19. The van der Waals surface area contributed by atoms with Crippen LogP contribution in [0.3, 0.4) is 0 Å². The highest BCUT2D eigenvalue weighted by Gasteiger charge is 2.26. The van der Waals surface area contributed by atoms with Crippen molar-refractivity contribution in [2.45, 2.75) is 13.0 Å². The van der Waals surface area contributed by atoms with Crippen LogP contribution in [0, 0.1) is 31.6 Å². The van der Waals surface area contributed by atoms with Crippen LogP contribution in [0.25, 0.3) is 0 Å². The van der Waals surface area contributed by atoms with E-state index in [4.69, 9.17) is 5.73 Å². The van der Waals surface area contributed by atoms with E-state index >= 15 is 0 Å². The zero-order chi connectivity index (χ0) is 12.0. The van der Waals surface area contributed by atoms with Gasteiger partial charge < -0.3 is 16.4 Å². The molecule has 0 heterocycles. The van der Waals surface area contributed by atoms with Gasteiger partial charge in [-0.15, -0.1) is 0 Å². The summed E-state index contributed by atoms with van der Waals surface area (Å²) >= 11 is 0. The first-order valence-corrected chi connectivity index (χ1v) is 5.15. The number of hydrogen-bond donors (Lipinski definition) is 3. The smallest absolute Gasteiger partial charge is 0.242 e. The molecule has 0 aliphatic heterocycles. The Morgan fingerprint density at radius 2 is 2.00 bits per heavy atom. The van der Waals surface area contributed by atoms with Gasteiger partial charge in [0.1, 0.15) is 6.04 Å². The lowest BCUT2D eigenvalue weighted by Crippen LogP contribution is -2.47. The quantitative estimate of drug-likeness (QED) is 0.556. The van der Waals surface area contributed by atoms with E-state index in [2.05, 4.69) is 10.6 Å². The van der Waals surface area contributed by atoms with E-state index in [0.717, 1.165) is 0 Å². The third kappa shape index (κ3) is 3.81. The molecule has 5 nitrogen and oxygen atoms in total. The molecule has 87 valence electrons. The van der Waals surface area contributed by atoms with Crippen LogP contribution in [-0.4, -0.2) is 30.9 Å². The Kier molecular flexibility index (Phi) is 5.25. The SMILES string of the molecule is C[C@H](NC(=O)[C]1[CH][CH][CH][CH]1)C(=O)NCCN. The molecule has 0 aromatic rings.